The van der Waals surface area contributed by atoms with Gasteiger partial charge in [-0.25, -0.2) is 22.4 Å². The lowest BCUT2D eigenvalue weighted by Gasteiger charge is -2.30. The third-order valence-corrected chi connectivity index (χ3v) is 4.27. The van der Waals surface area contributed by atoms with Gasteiger partial charge in [0.25, 0.3) is 11.8 Å². The van der Waals surface area contributed by atoms with E-state index < -0.39 is 102 Å². The fourth-order valence-electron chi connectivity index (χ4n) is 2.77. The van der Waals surface area contributed by atoms with Gasteiger partial charge in [0.2, 0.25) is 0 Å². The van der Waals surface area contributed by atoms with Crippen molar-refractivity contribution < 1.29 is 80.9 Å². The predicted octanol–water partition coefficient (Wildman–Crippen LogP) is 4.56. The minimum absolute atomic E-state index is 0.0933. The van der Waals surface area contributed by atoms with Crippen molar-refractivity contribution in [1.29, 1.82) is 0 Å². The van der Waals surface area contributed by atoms with Crippen LogP contribution in [0.4, 0.5) is 57.1 Å². The first-order valence-corrected chi connectivity index (χ1v) is 8.94. The zero-order chi connectivity index (χ0) is 28.0. The Labute approximate surface area is 189 Å². The van der Waals surface area contributed by atoms with Gasteiger partial charge in [0.15, 0.2) is 23.3 Å². The third-order valence-electron chi connectivity index (χ3n) is 4.27. The van der Waals surface area contributed by atoms with Crippen molar-refractivity contribution in [3.8, 4) is 0 Å². The number of ether oxygens (including phenoxy) is 2. The second-order valence-electron chi connectivity index (χ2n) is 6.88. The van der Waals surface area contributed by atoms with Gasteiger partial charge in [-0.2, -0.15) is 39.5 Å². The Balaban J connectivity index is 2.10. The van der Waals surface area contributed by atoms with Crippen molar-refractivity contribution in [2.45, 2.75) is 37.2 Å². The lowest BCUT2D eigenvalue weighted by molar-refractivity contribution is -0.411. The summed E-state index contributed by atoms with van der Waals surface area (Å²) in [4.78, 5) is 35.4. The second-order valence-corrected chi connectivity index (χ2v) is 6.88. The lowest BCUT2D eigenvalue weighted by atomic mass is 10.1. The second kappa shape index (κ2) is 9.40. The van der Waals surface area contributed by atoms with Crippen LogP contribution in [-0.4, -0.2) is 60.2 Å². The largest absolute Gasteiger partial charge is 0.461 e. The van der Waals surface area contributed by atoms with E-state index in [9.17, 15) is 71.5 Å². The molecule has 1 unspecified atom stereocenters. The molecule has 0 saturated carbocycles. The standard InChI is InChI=1S/C17H8F13NO5/c18-7-5-6(8(19)10(21)9(7)20)12(33)31(11(5)32)2-1-3-35-13(34)16(27,17(28,29)30)36-15(25,26)4-14(22,23)24/h1-4H2. The number of carbonyl (C=O) groups excluding carboxylic acids is 3. The molecule has 2 rings (SSSR count). The van der Waals surface area contributed by atoms with Crippen LogP contribution in [0.1, 0.15) is 33.6 Å². The number of nitrogens with zero attached hydrogens (tertiary/aromatic N) is 1. The van der Waals surface area contributed by atoms with E-state index in [1.807, 2.05) is 0 Å². The summed E-state index contributed by atoms with van der Waals surface area (Å²) in [6.45, 7) is -2.53. The number of fused-ring (bicyclic) bond motifs is 1. The number of benzene rings is 1. The number of imide groups is 1. The molecule has 1 aliphatic heterocycles. The minimum Gasteiger partial charge on any atom is -0.461 e. The maximum absolute atomic E-state index is 14.0. The van der Waals surface area contributed by atoms with Crippen molar-refractivity contribution in [2.24, 2.45) is 0 Å². The quantitative estimate of drug-likeness (QED) is 0.118. The summed E-state index contributed by atoms with van der Waals surface area (Å²) >= 11 is 0. The van der Waals surface area contributed by atoms with Gasteiger partial charge < -0.3 is 4.74 Å². The molecule has 1 aliphatic rings. The highest BCUT2D eigenvalue weighted by Crippen LogP contribution is 2.43. The molecule has 0 N–H and O–H groups in total. The Hall–Kier alpha value is -3.12. The van der Waals surface area contributed by atoms with Crippen LogP contribution < -0.4 is 0 Å². The number of esters is 1. The van der Waals surface area contributed by atoms with E-state index >= 15 is 0 Å². The molecule has 1 aromatic rings. The van der Waals surface area contributed by atoms with Gasteiger partial charge in [-0.15, -0.1) is 0 Å². The van der Waals surface area contributed by atoms with Gasteiger partial charge in [0.1, 0.15) is 6.42 Å². The zero-order valence-electron chi connectivity index (χ0n) is 16.7. The molecule has 0 radical (unpaired) electrons. The number of halogens is 13. The first-order chi connectivity index (χ1) is 16.1. The van der Waals surface area contributed by atoms with Gasteiger partial charge in [-0.05, 0) is 6.42 Å². The van der Waals surface area contributed by atoms with Gasteiger partial charge in [-0.1, -0.05) is 0 Å². The summed E-state index contributed by atoms with van der Waals surface area (Å²) in [5, 5.41) is 0. The molecule has 0 aliphatic carbocycles. The number of carbonyl (C=O) groups is 3. The third kappa shape index (κ3) is 5.49. The van der Waals surface area contributed by atoms with E-state index in [1.165, 1.54) is 0 Å². The SMILES string of the molecule is O=C1c2c(F)c(F)c(F)c(F)c2C(=O)N1CCCOC(=O)C(F)(OC(F)(F)CC(F)(F)F)C(F)(F)F. The Morgan fingerprint density at radius 1 is 0.750 bits per heavy atom. The lowest BCUT2D eigenvalue weighted by Crippen LogP contribution is -2.55. The molecule has 1 aromatic carbocycles. The van der Waals surface area contributed by atoms with Crippen LogP contribution in [0.25, 0.3) is 0 Å². The summed E-state index contributed by atoms with van der Waals surface area (Å²) in [6.07, 6.45) is -22.8. The van der Waals surface area contributed by atoms with Crippen LogP contribution in [0.15, 0.2) is 0 Å². The van der Waals surface area contributed by atoms with Gasteiger partial charge in [0.05, 0.1) is 17.7 Å². The predicted molar refractivity (Wildman–Crippen MR) is 83.8 cm³/mol. The first kappa shape index (κ1) is 29.1. The summed E-state index contributed by atoms with van der Waals surface area (Å²) in [6, 6.07) is 0. The Morgan fingerprint density at radius 2 is 1.19 bits per heavy atom. The molecule has 1 heterocycles. The summed E-state index contributed by atoms with van der Waals surface area (Å²) in [7, 11) is 0. The first-order valence-electron chi connectivity index (χ1n) is 8.94. The Bertz CT molecular complexity index is 1040. The molecule has 1 atom stereocenters. The van der Waals surface area contributed by atoms with E-state index in [0.717, 1.165) is 0 Å². The smallest absolute Gasteiger partial charge is 0.460 e. The van der Waals surface area contributed by atoms with E-state index in [0.29, 0.717) is 0 Å². The molecule has 202 valence electrons. The normalized spacial score (nSPS) is 16.3. The van der Waals surface area contributed by atoms with Crippen molar-refractivity contribution in [3.63, 3.8) is 0 Å². The number of rotatable bonds is 8. The minimum atomic E-state index is -6.68. The maximum Gasteiger partial charge on any atom is 0.460 e. The molecule has 0 fully saturated rings. The highest BCUT2D eigenvalue weighted by atomic mass is 19.4. The van der Waals surface area contributed by atoms with E-state index in [-0.39, 0.29) is 4.90 Å². The van der Waals surface area contributed by atoms with Gasteiger partial charge in [-0.3, -0.25) is 19.2 Å². The van der Waals surface area contributed by atoms with Gasteiger partial charge in [0, 0.05) is 6.54 Å². The Kier molecular flexibility index (Phi) is 7.60. The van der Waals surface area contributed by atoms with Crippen molar-refractivity contribution in [1.82, 2.24) is 4.90 Å². The number of hydrogen-bond acceptors (Lipinski definition) is 5. The topological polar surface area (TPSA) is 72.9 Å². The molecule has 0 saturated heterocycles. The number of hydrogen-bond donors (Lipinski definition) is 0. The van der Waals surface area contributed by atoms with Crippen LogP contribution in [0.3, 0.4) is 0 Å². The van der Waals surface area contributed by atoms with Crippen LogP contribution in [0.2, 0.25) is 0 Å². The highest BCUT2D eigenvalue weighted by molar-refractivity contribution is 6.21. The average Bonchev–Trinajstić information content (AvgIpc) is 2.94. The average molecular weight is 553 g/mol. The molecule has 6 nitrogen and oxygen atoms in total. The van der Waals surface area contributed by atoms with Crippen molar-refractivity contribution >= 4 is 17.8 Å². The van der Waals surface area contributed by atoms with Crippen molar-refractivity contribution in [2.75, 3.05) is 13.2 Å². The van der Waals surface area contributed by atoms with Crippen molar-refractivity contribution in [3.05, 3.63) is 34.4 Å². The molecule has 36 heavy (non-hydrogen) atoms. The molecule has 0 spiro atoms. The molecule has 2 amide bonds. The summed E-state index contributed by atoms with van der Waals surface area (Å²) < 4.78 is 175. The number of amides is 2. The fourth-order valence-corrected chi connectivity index (χ4v) is 2.77. The summed E-state index contributed by atoms with van der Waals surface area (Å²) in [5.74, 6) is -22.3. The molecule has 19 heteroatoms. The van der Waals surface area contributed by atoms with E-state index in [1.54, 1.807) is 0 Å². The summed E-state index contributed by atoms with van der Waals surface area (Å²) in [5.41, 5.74) is -3.07. The molecular formula is C17H8F13NO5. The Morgan fingerprint density at radius 3 is 1.58 bits per heavy atom. The fraction of sp³-hybridized carbons (Fsp3) is 0.471. The van der Waals surface area contributed by atoms with Crippen LogP contribution in [-0.2, 0) is 14.3 Å². The van der Waals surface area contributed by atoms with E-state index in [2.05, 4.69) is 9.47 Å². The molecule has 0 bridgehead atoms. The zero-order valence-corrected chi connectivity index (χ0v) is 16.7. The van der Waals surface area contributed by atoms with Crippen LogP contribution >= 0.6 is 0 Å². The highest BCUT2D eigenvalue weighted by Gasteiger charge is 2.69. The maximum atomic E-state index is 14.0. The number of alkyl halides is 9. The van der Waals surface area contributed by atoms with Crippen LogP contribution in [0, 0.1) is 23.3 Å². The monoisotopic (exact) mass is 553 g/mol. The van der Waals surface area contributed by atoms with Gasteiger partial charge >= 0.3 is 30.3 Å². The molecular weight excluding hydrogens is 545 g/mol. The van der Waals surface area contributed by atoms with Crippen LogP contribution in [0.5, 0.6) is 0 Å². The van der Waals surface area contributed by atoms with E-state index in [4.69, 9.17) is 0 Å². The molecule has 0 aromatic heterocycles.